The second-order valence-corrected chi connectivity index (χ2v) is 7.25. The van der Waals surface area contributed by atoms with Gasteiger partial charge in [-0.1, -0.05) is 6.92 Å². The van der Waals surface area contributed by atoms with E-state index in [4.69, 9.17) is 9.47 Å². The summed E-state index contributed by atoms with van der Waals surface area (Å²) in [5.41, 5.74) is 0.950. The zero-order valence-corrected chi connectivity index (χ0v) is 12.4. The number of carbonyl (C=O) groups excluding carboxylic acids is 1. The number of fused-ring (bicyclic) bond motifs is 3. The average molecular weight is 308 g/mol. The SMILES string of the molecule is CC1(COC(=O)c2cc3c(nc4sccn43)s2)COC1. The summed E-state index contributed by atoms with van der Waals surface area (Å²) in [5, 5.41) is 1.98. The second kappa shape index (κ2) is 4.28. The smallest absolute Gasteiger partial charge is 0.348 e. The van der Waals surface area contributed by atoms with Crippen molar-refractivity contribution in [2.75, 3.05) is 19.8 Å². The lowest BCUT2D eigenvalue weighted by Crippen LogP contribution is -2.44. The molecule has 1 saturated heterocycles. The van der Waals surface area contributed by atoms with E-state index in [1.165, 1.54) is 11.3 Å². The molecule has 4 heterocycles. The molecular weight excluding hydrogens is 296 g/mol. The Balaban J connectivity index is 1.57. The van der Waals surface area contributed by atoms with Crippen molar-refractivity contribution in [2.24, 2.45) is 5.41 Å². The first-order valence-corrected chi connectivity index (χ1v) is 7.94. The van der Waals surface area contributed by atoms with Crippen LogP contribution in [0.3, 0.4) is 0 Å². The lowest BCUT2D eigenvalue weighted by Gasteiger charge is -2.37. The van der Waals surface area contributed by atoms with Crippen LogP contribution in [0.25, 0.3) is 15.3 Å². The van der Waals surface area contributed by atoms with Gasteiger partial charge in [0.1, 0.15) is 16.3 Å². The van der Waals surface area contributed by atoms with Gasteiger partial charge in [-0.05, 0) is 6.07 Å². The van der Waals surface area contributed by atoms with E-state index in [1.54, 1.807) is 11.3 Å². The van der Waals surface area contributed by atoms with E-state index in [9.17, 15) is 4.79 Å². The minimum Gasteiger partial charge on any atom is -0.461 e. The molecule has 0 saturated carbocycles. The number of hydrogen-bond donors (Lipinski definition) is 0. The van der Waals surface area contributed by atoms with Crippen molar-refractivity contribution in [3.05, 3.63) is 22.5 Å². The monoisotopic (exact) mass is 308 g/mol. The van der Waals surface area contributed by atoms with E-state index in [2.05, 4.69) is 11.9 Å². The molecule has 5 nitrogen and oxygen atoms in total. The molecule has 4 rings (SSSR count). The Kier molecular flexibility index (Phi) is 2.63. The minimum atomic E-state index is -0.273. The molecule has 0 bridgehead atoms. The van der Waals surface area contributed by atoms with Crippen molar-refractivity contribution in [3.63, 3.8) is 0 Å². The molecule has 0 atom stereocenters. The van der Waals surface area contributed by atoms with Crippen molar-refractivity contribution in [1.82, 2.24) is 9.38 Å². The Morgan fingerprint density at radius 1 is 1.60 bits per heavy atom. The zero-order valence-electron chi connectivity index (χ0n) is 10.8. The van der Waals surface area contributed by atoms with Gasteiger partial charge in [0.15, 0.2) is 4.96 Å². The van der Waals surface area contributed by atoms with Crippen molar-refractivity contribution < 1.29 is 14.3 Å². The predicted octanol–water partition coefficient (Wildman–Crippen LogP) is 2.80. The molecular formula is C13H12N2O3S2. The first kappa shape index (κ1) is 12.3. The highest BCUT2D eigenvalue weighted by Gasteiger charge is 2.35. The van der Waals surface area contributed by atoms with Gasteiger partial charge < -0.3 is 9.47 Å². The molecule has 0 spiro atoms. The molecule has 7 heteroatoms. The molecule has 1 aliphatic heterocycles. The fraction of sp³-hybridized carbons (Fsp3) is 0.385. The maximum Gasteiger partial charge on any atom is 0.348 e. The van der Waals surface area contributed by atoms with E-state index in [-0.39, 0.29) is 11.4 Å². The van der Waals surface area contributed by atoms with Crippen molar-refractivity contribution >= 4 is 44.0 Å². The van der Waals surface area contributed by atoms with Gasteiger partial charge in [0.2, 0.25) is 0 Å². The number of carbonyl (C=O) groups is 1. The van der Waals surface area contributed by atoms with Crippen LogP contribution < -0.4 is 0 Å². The number of imidazole rings is 1. The van der Waals surface area contributed by atoms with Crippen LogP contribution in [0, 0.1) is 5.41 Å². The van der Waals surface area contributed by atoms with Crippen LogP contribution in [-0.4, -0.2) is 35.2 Å². The van der Waals surface area contributed by atoms with Crippen LogP contribution in [0.15, 0.2) is 17.6 Å². The number of esters is 1. The summed E-state index contributed by atoms with van der Waals surface area (Å²) in [7, 11) is 0. The van der Waals surface area contributed by atoms with Gasteiger partial charge in [0.25, 0.3) is 0 Å². The van der Waals surface area contributed by atoms with E-state index in [0.717, 1.165) is 15.3 Å². The first-order valence-electron chi connectivity index (χ1n) is 6.25. The quantitative estimate of drug-likeness (QED) is 0.698. The maximum atomic E-state index is 12.1. The Hall–Kier alpha value is -1.44. The summed E-state index contributed by atoms with van der Waals surface area (Å²) < 4.78 is 12.5. The summed E-state index contributed by atoms with van der Waals surface area (Å²) in [4.78, 5) is 19.0. The third-order valence-corrected chi connectivity index (χ3v) is 5.15. The molecule has 0 N–H and O–H groups in total. The molecule has 1 fully saturated rings. The Morgan fingerprint density at radius 3 is 3.20 bits per heavy atom. The minimum absolute atomic E-state index is 0.0186. The average Bonchev–Trinajstić information content (AvgIpc) is 3.04. The summed E-state index contributed by atoms with van der Waals surface area (Å²) in [6, 6.07) is 1.86. The van der Waals surface area contributed by atoms with E-state index in [0.29, 0.717) is 24.7 Å². The third-order valence-electron chi connectivity index (χ3n) is 3.39. The fourth-order valence-corrected chi connectivity index (χ4v) is 3.89. The lowest BCUT2D eigenvalue weighted by atomic mass is 9.90. The van der Waals surface area contributed by atoms with Crippen LogP contribution in [-0.2, 0) is 9.47 Å². The van der Waals surface area contributed by atoms with Gasteiger partial charge in [0, 0.05) is 17.0 Å². The van der Waals surface area contributed by atoms with Crippen molar-refractivity contribution in [1.29, 1.82) is 0 Å². The molecule has 0 aromatic carbocycles. The van der Waals surface area contributed by atoms with Crippen LogP contribution in [0.1, 0.15) is 16.6 Å². The number of ether oxygens (including phenoxy) is 2. The predicted molar refractivity (Wildman–Crippen MR) is 77.7 cm³/mol. The van der Waals surface area contributed by atoms with Crippen LogP contribution in [0.5, 0.6) is 0 Å². The van der Waals surface area contributed by atoms with E-state index < -0.39 is 0 Å². The summed E-state index contributed by atoms with van der Waals surface area (Å²) in [6.07, 6.45) is 1.96. The van der Waals surface area contributed by atoms with Crippen LogP contribution in [0.2, 0.25) is 0 Å². The highest BCUT2D eigenvalue weighted by Crippen LogP contribution is 2.30. The van der Waals surface area contributed by atoms with Gasteiger partial charge in [-0.25, -0.2) is 9.78 Å². The number of aromatic nitrogens is 2. The van der Waals surface area contributed by atoms with Gasteiger partial charge in [0.05, 0.1) is 18.7 Å². The molecule has 0 unspecified atom stereocenters. The van der Waals surface area contributed by atoms with Gasteiger partial charge >= 0.3 is 5.97 Å². The molecule has 20 heavy (non-hydrogen) atoms. The van der Waals surface area contributed by atoms with E-state index in [1.807, 2.05) is 22.0 Å². The number of thiophene rings is 1. The molecule has 0 radical (unpaired) electrons. The maximum absolute atomic E-state index is 12.1. The van der Waals surface area contributed by atoms with Gasteiger partial charge in [-0.3, -0.25) is 4.40 Å². The highest BCUT2D eigenvalue weighted by atomic mass is 32.1. The molecule has 0 amide bonds. The van der Waals surface area contributed by atoms with Crippen molar-refractivity contribution in [2.45, 2.75) is 6.92 Å². The Labute approximate surface area is 122 Å². The second-order valence-electron chi connectivity index (χ2n) is 5.35. The zero-order chi connectivity index (χ0) is 13.7. The number of rotatable bonds is 3. The molecule has 0 aliphatic carbocycles. The van der Waals surface area contributed by atoms with Crippen LogP contribution >= 0.6 is 22.7 Å². The molecule has 1 aliphatic rings. The highest BCUT2D eigenvalue weighted by molar-refractivity contribution is 7.21. The molecule has 104 valence electrons. The lowest BCUT2D eigenvalue weighted by molar-refractivity contribution is -0.127. The standard InChI is InChI=1S/C13H12N2O3S2/c1-13(5-17-6-13)7-18-11(16)9-4-8-10(20-9)14-12-15(8)2-3-19-12/h2-4H,5-7H2,1H3. The molecule has 3 aromatic rings. The number of hydrogen-bond acceptors (Lipinski definition) is 6. The third kappa shape index (κ3) is 1.85. The van der Waals surface area contributed by atoms with Crippen molar-refractivity contribution in [3.8, 4) is 0 Å². The Morgan fingerprint density at radius 2 is 2.45 bits per heavy atom. The largest absolute Gasteiger partial charge is 0.461 e. The van der Waals surface area contributed by atoms with E-state index >= 15 is 0 Å². The summed E-state index contributed by atoms with van der Waals surface area (Å²) >= 11 is 2.97. The topological polar surface area (TPSA) is 52.8 Å². The normalized spacial score (nSPS) is 17.4. The van der Waals surface area contributed by atoms with Gasteiger partial charge in [-0.15, -0.1) is 22.7 Å². The van der Waals surface area contributed by atoms with Crippen LogP contribution in [0.4, 0.5) is 0 Å². The summed E-state index contributed by atoms with van der Waals surface area (Å²) in [5.74, 6) is -0.273. The number of nitrogens with zero attached hydrogens (tertiary/aromatic N) is 2. The fourth-order valence-electron chi connectivity index (χ4n) is 2.19. The Bertz CT molecular complexity index is 797. The summed E-state index contributed by atoms with van der Waals surface area (Å²) in [6.45, 7) is 3.78. The molecule has 3 aromatic heterocycles. The van der Waals surface area contributed by atoms with Gasteiger partial charge in [-0.2, -0.15) is 0 Å². The number of thiazole rings is 1. The first-order chi connectivity index (χ1) is 9.65.